The molecular weight excluding hydrogens is 851 g/mol. The third-order valence-corrected chi connectivity index (χ3v) is 10.5. The molecule has 0 fully saturated rings. The minimum absolute atomic E-state index is 0.0499. The average Bonchev–Trinajstić information content (AvgIpc) is 3.32. The number of allylic oxidation sites excluding steroid dienone is 1. The molecular formula is C54H42F6N4O2. The molecule has 6 nitrogen and oxygen atoms in total. The van der Waals surface area contributed by atoms with Crippen LogP contribution in [-0.2, 0) is 18.8 Å². The Balaban J connectivity index is 0.000000196. The van der Waals surface area contributed by atoms with Crippen LogP contribution < -0.4 is 10.6 Å². The lowest BCUT2D eigenvalue weighted by molar-refractivity contribution is -0.137. The number of hydrogen-bond acceptors (Lipinski definition) is 4. The van der Waals surface area contributed by atoms with Crippen LogP contribution in [0.4, 0.5) is 26.3 Å². The van der Waals surface area contributed by atoms with Crippen molar-refractivity contribution < 1.29 is 35.9 Å². The number of pyridine rings is 2. The van der Waals surface area contributed by atoms with Gasteiger partial charge in [0.25, 0.3) is 11.8 Å². The van der Waals surface area contributed by atoms with Gasteiger partial charge < -0.3 is 10.6 Å². The van der Waals surface area contributed by atoms with Crippen molar-refractivity contribution in [2.45, 2.75) is 32.6 Å². The summed E-state index contributed by atoms with van der Waals surface area (Å²) in [6.07, 6.45) is -1.73. The third kappa shape index (κ3) is 11.4. The van der Waals surface area contributed by atoms with Gasteiger partial charge in [0.15, 0.2) is 0 Å². The lowest BCUT2D eigenvalue weighted by atomic mass is 9.96. The van der Waals surface area contributed by atoms with Crippen LogP contribution in [0.15, 0.2) is 176 Å². The van der Waals surface area contributed by atoms with E-state index in [1.54, 1.807) is 92.7 Å². The highest BCUT2D eigenvalue weighted by molar-refractivity contribution is 5.99. The number of alkyl halides is 6. The number of rotatable bonds is 10. The number of fused-ring (bicyclic) bond motifs is 2. The number of hydrogen-bond donors (Lipinski definition) is 2. The molecule has 2 aromatic heterocycles. The van der Waals surface area contributed by atoms with Crippen LogP contribution in [0.25, 0.3) is 50.1 Å². The van der Waals surface area contributed by atoms with E-state index >= 15 is 0 Å². The Morgan fingerprint density at radius 3 is 1.44 bits per heavy atom. The van der Waals surface area contributed by atoms with Gasteiger partial charge in [0, 0.05) is 23.5 Å². The van der Waals surface area contributed by atoms with Crippen molar-refractivity contribution >= 4 is 39.7 Å². The summed E-state index contributed by atoms with van der Waals surface area (Å²) in [5.74, 6) is -1.09. The Morgan fingerprint density at radius 2 is 0.970 bits per heavy atom. The Labute approximate surface area is 377 Å². The molecule has 0 atom stereocenters. The van der Waals surface area contributed by atoms with Crippen molar-refractivity contribution in [2.24, 2.45) is 0 Å². The molecule has 66 heavy (non-hydrogen) atoms. The van der Waals surface area contributed by atoms with E-state index in [1.165, 1.54) is 18.3 Å². The summed E-state index contributed by atoms with van der Waals surface area (Å²) in [7, 11) is 0. The van der Waals surface area contributed by atoms with Gasteiger partial charge in [-0.25, -0.2) is 9.97 Å². The number of benzene rings is 6. The van der Waals surface area contributed by atoms with Gasteiger partial charge in [-0.05, 0) is 101 Å². The van der Waals surface area contributed by atoms with Gasteiger partial charge in [0.1, 0.15) is 11.4 Å². The monoisotopic (exact) mass is 892 g/mol. The molecule has 8 aromatic rings. The Hall–Kier alpha value is -7.86. The first-order chi connectivity index (χ1) is 31.7. The second-order valence-corrected chi connectivity index (χ2v) is 15.3. The second kappa shape index (κ2) is 20.3. The largest absolute Gasteiger partial charge is 0.418 e. The number of carbonyl (C=O) groups is 2. The first-order valence-corrected chi connectivity index (χ1v) is 20.8. The van der Waals surface area contributed by atoms with E-state index in [1.807, 2.05) is 72.8 Å². The van der Waals surface area contributed by atoms with Crippen LogP contribution >= 0.6 is 0 Å². The van der Waals surface area contributed by atoms with Gasteiger partial charge in [-0.3, -0.25) is 9.59 Å². The van der Waals surface area contributed by atoms with Crippen molar-refractivity contribution in [3.63, 3.8) is 0 Å². The Bertz CT molecular complexity index is 3050. The Kier molecular flexibility index (Phi) is 14.2. The molecule has 0 aliphatic carbocycles. The fraction of sp³-hybridized carbons (Fsp3) is 0.111. The molecule has 6 aromatic carbocycles. The second-order valence-electron chi connectivity index (χ2n) is 15.3. The molecule has 0 bridgehead atoms. The summed E-state index contributed by atoms with van der Waals surface area (Å²) in [5, 5.41) is 6.01. The standard InChI is InChI=1S/2C27H21F3N2O/c2*1-18-15-24(26(33)31-14-8-11-19-9-4-2-5-10-19)32-25-22(18)16-21(17-23(25)27(28,29)30)20-12-6-3-7-13-20/h2-10,12-17H,11H2,1H3,(H,31,33);2-13,15-17H,14H2,1H3,(H,31,33)/b14-8+;11-8+. The fourth-order valence-corrected chi connectivity index (χ4v) is 7.26. The van der Waals surface area contributed by atoms with Crippen LogP contribution in [0.2, 0.25) is 0 Å². The minimum Gasteiger partial charge on any atom is -0.347 e. The quantitative estimate of drug-likeness (QED) is 0.134. The predicted molar refractivity (Wildman–Crippen MR) is 248 cm³/mol. The van der Waals surface area contributed by atoms with Crippen LogP contribution in [0, 0.1) is 13.8 Å². The molecule has 0 unspecified atom stereocenters. The van der Waals surface area contributed by atoms with Gasteiger partial charge in [-0.1, -0.05) is 140 Å². The Morgan fingerprint density at radius 1 is 0.530 bits per heavy atom. The maximum Gasteiger partial charge on any atom is 0.418 e. The van der Waals surface area contributed by atoms with Gasteiger partial charge in [0.05, 0.1) is 22.2 Å². The lowest BCUT2D eigenvalue weighted by Crippen LogP contribution is -2.24. The number of nitrogens with one attached hydrogen (secondary N) is 2. The number of halogens is 6. The SMILES string of the molecule is Cc1cc(C(=O)N/C=C/Cc2ccccc2)nc2c(C(F)(F)F)cc(-c3ccccc3)cc12.Cc1cc(C(=O)NC/C=C/c2ccccc2)nc2c(C(F)(F)F)cc(-c3ccccc3)cc12. The highest BCUT2D eigenvalue weighted by atomic mass is 19.4. The topological polar surface area (TPSA) is 84.0 Å². The number of nitrogens with zero attached hydrogens (tertiary/aromatic N) is 2. The lowest BCUT2D eigenvalue weighted by Gasteiger charge is -2.15. The smallest absolute Gasteiger partial charge is 0.347 e. The van der Waals surface area contributed by atoms with Gasteiger partial charge in [-0.15, -0.1) is 0 Å². The molecule has 0 aliphatic rings. The maximum atomic E-state index is 13.9. The van der Waals surface area contributed by atoms with Crippen molar-refractivity contribution in [3.8, 4) is 22.3 Å². The molecule has 8 rings (SSSR count). The van der Waals surface area contributed by atoms with E-state index in [2.05, 4.69) is 20.6 Å². The van der Waals surface area contributed by atoms with Crippen molar-refractivity contribution in [1.82, 2.24) is 20.6 Å². The summed E-state index contributed by atoms with van der Waals surface area (Å²) in [6, 6.07) is 45.6. The molecule has 12 heteroatoms. The van der Waals surface area contributed by atoms with E-state index < -0.39 is 35.3 Å². The highest BCUT2D eigenvalue weighted by Crippen LogP contribution is 2.40. The molecule has 0 saturated carbocycles. The molecule has 2 heterocycles. The number of aromatic nitrogens is 2. The zero-order valence-corrected chi connectivity index (χ0v) is 35.7. The van der Waals surface area contributed by atoms with E-state index in [4.69, 9.17) is 0 Å². The van der Waals surface area contributed by atoms with Crippen molar-refractivity contribution in [3.05, 3.63) is 221 Å². The molecule has 2 N–H and O–H groups in total. The van der Waals surface area contributed by atoms with Crippen molar-refractivity contribution in [2.75, 3.05) is 6.54 Å². The molecule has 2 amide bonds. The summed E-state index contributed by atoms with van der Waals surface area (Å²) < 4.78 is 83.6. The molecule has 332 valence electrons. The first kappa shape index (κ1) is 46.1. The van der Waals surface area contributed by atoms with Gasteiger partial charge in [0.2, 0.25) is 0 Å². The summed E-state index contributed by atoms with van der Waals surface area (Å²) in [4.78, 5) is 33.4. The average molecular weight is 893 g/mol. The number of amides is 2. The van der Waals surface area contributed by atoms with E-state index in [0.29, 0.717) is 50.6 Å². The molecule has 0 radical (unpaired) electrons. The normalized spacial score (nSPS) is 11.8. The summed E-state index contributed by atoms with van der Waals surface area (Å²) >= 11 is 0. The number of aryl methyl sites for hydroxylation is 2. The summed E-state index contributed by atoms with van der Waals surface area (Å²) in [6.45, 7) is 3.59. The van der Waals surface area contributed by atoms with Gasteiger partial charge in [-0.2, -0.15) is 26.3 Å². The summed E-state index contributed by atoms with van der Waals surface area (Å²) in [5.41, 5.74) is 3.09. The van der Waals surface area contributed by atoms with E-state index in [0.717, 1.165) is 23.3 Å². The molecule has 0 spiro atoms. The molecule has 0 saturated heterocycles. The van der Waals surface area contributed by atoms with Crippen LogP contribution in [-0.4, -0.2) is 28.3 Å². The maximum absolute atomic E-state index is 13.9. The van der Waals surface area contributed by atoms with E-state index in [-0.39, 0.29) is 29.0 Å². The zero-order valence-electron chi connectivity index (χ0n) is 35.7. The zero-order chi connectivity index (χ0) is 46.8. The molecule has 0 aliphatic heterocycles. The van der Waals surface area contributed by atoms with E-state index in [9.17, 15) is 35.9 Å². The third-order valence-electron chi connectivity index (χ3n) is 10.5. The fourth-order valence-electron chi connectivity index (χ4n) is 7.26. The van der Waals surface area contributed by atoms with Crippen LogP contribution in [0.3, 0.4) is 0 Å². The van der Waals surface area contributed by atoms with Crippen LogP contribution in [0.5, 0.6) is 0 Å². The van der Waals surface area contributed by atoms with Gasteiger partial charge >= 0.3 is 12.4 Å². The minimum atomic E-state index is -4.62. The van der Waals surface area contributed by atoms with Crippen LogP contribution in [0.1, 0.15) is 54.4 Å². The highest BCUT2D eigenvalue weighted by Gasteiger charge is 2.36. The first-order valence-electron chi connectivity index (χ1n) is 20.8. The van der Waals surface area contributed by atoms with Crippen molar-refractivity contribution in [1.29, 1.82) is 0 Å². The number of carbonyl (C=O) groups excluding carboxylic acids is 2. The predicted octanol–water partition coefficient (Wildman–Crippen LogP) is 13.4.